The monoisotopic (exact) mass is 322 g/mol. The van der Waals surface area contributed by atoms with E-state index >= 15 is 0 Å². The molecule has 1 aromatic carbocycles. The molecule has 0 bridgehead atoms. The highest BCUT2D eigenvalue weighted by molar-refractivity contribution is 7.11. The van der Waals surface area contributed by atoms with E-state index in [4.69, 9.17) is 9.47 Å². The van der Waals surface area contributed by atoms with E-state index in [2.05, 4.69) is 10.3 Å². The van der Waals surface area contributed by atoms with Crippen LogP contribution in [0.3, 0.4) is 0 Å². The van der Waals surface area contributed by atoms with Gasteiger partial charge in [0.05, 0.1) is 13.2 Å². The number of benzene rings is 1. The number of rotatable bonds is 6. The van der Waals surface area contributed by atoms with Crippen LogP contribution < -0.4 is 19.7 Å². The molecule has 22 heavy (non-hydrogen) atoms. The van der Waals surface area contributed by atoms with Crippen LogP contribution in [0.2, 0.25) is 0 Å². The van der Waals surface area contributed by atoms with Gasteiger partial charge in [-0.15, -0.1) is 0 Å². The molecule has 0 saturated carbocycles. The molecular weight excluding hydrogens is 304 g/mol. The van der Waals surface area contributed by atoms with Crippen LogP contribution in [0.4, 0.5) is 5.69 Å². The number of carbonyl (C=O) groups is 1. The molecule has 0 unspecified atom stereocenters. The fraction of sp³-hybridized carbons (Fsp3) is 0.333. The van der Waals surface area contributed by atoms with Crippen LogP contribution in [-0.2, 0) is 0 Å². The summed E-state index contributed by atoms with van der Waals surface area (Å²) < 4.78 is 11.0. The summed E-state index contributed by atoms with van der Waals surface area (Å²) in [6, 6.07) is 5.18. The first kappa shape index (κ1) is 16.1. The van der Waals surface area contributed by atoms with Gasteiger partial charge in [-0.1, -0.05) is 11.3 Å². The highest BCUT2D eigenvalue weighted by atomic mass is 32.1. The Labute approximate surface area is 132 Å². The quantitative estimate of drug-likeness (QED) is 0.857. The first-order valence-corrected chi connectivity index (χ1v) is 7.77. The van der Waals surface area contributed by atoms with E-state index in [1.54, 1.807) is 25.1 Å². The molecule has 118 valence electrons. The lowest BCUT2D eigenvalue weighted by atomic mass is 10.2. The Hall–Kier alpha value is -2.28. The molecule has 0 fully saturated rings. The summed E-state index contributed by atoms with van der Waals surface area (Å²) in [5.41, 5.74) is 1.14. The van der Waals surface area contributed by atoms with Crippen molar-refractivity contribution in [2.45, 2.75) is 20.8 Å². The minimum Gasteiger partial charge on any atom is -0.490 e. The van der Waals surface area contributed by atoms with Crippen LogP contribution in [0.5, 0.6) is 11.5 Å². The second-order valence-corrected chi connectivity index (χ2v) is 5.43. The van der Waals surface area contributed by atoms with E-state index in [-0.39, 0.29) is 10.8 Å². The van der Waals surface area contributed by atoms with E-state index in [1.165, 1.54) is 0 Å². The summed E-state index contributed by atoms with van der Waals surface area (Å²) in [6.45, 7) is 6.48. The van der Waals surface area contributed by atoms with Crippen molar-refractivity contribution in [2.24, 2.45) is 0 Å². The topological polar surface area (TPSA) is 80.4 Å². The second-order valence-electron chi connectivity index (χ2n) is 4.45. The molecular formula is C15H18N2O4S. The molecule has 0 radical (unpaired) electrons. The zero-order valence-electron chi connectivity index (χ0n) is 12.7. The fourth-order valence-corrected chi connectivity index (χ4v) is 2.68. The third-order valence-electron chi connectivity index (χ3n) is 2.83. The van der Waals surface area contributed by atoms with E-state index < -0.39 is 0 Å². The molecule has 0 aliphatic rings. The van der Waals surface area contributed by atoms with Crippen LogP contribution in [0, 0.1) is 6.92 Å². The Morgan fingerprint density at radius 2 is 1.91 bits per heavy atom. The van der Waals surface area contributed by atoms with E-state index in [0.717, 1.165) is 11.3 Å². The number of H-pyrrole nitrogens is 1. The number of nitrogens with one attached hydrogen (secondary N) is 2. The average Bonchev–Trinajstić information content (AvgIpc) is 2.81. The maximum absolute atomic E-state index is 12.2. The van der Waals surface area contributed by atoms with Crippen LogP contribution in [0.1, 0.15) is 29.2 Å². The molecule has 2 rings (SSSR count). The van der Waals surface area contributed by atoms with Gasteiger partial charge in [0, 0.05) is 17.4 Å². The number of hydrogen-bond acceptors (Lipinski definition) is 5. The lowest BCUT2D eigenvalue weighted by molar-refractivity contribution is 0.103. The number of aromatic amines is 1. The van der Waals surface area contributed by atoms with Crippen molar-refractivity contribution in [2.75, 3.05) is 18.5 Å². The van der Waals surface area contributed by atoms with Gasteiger partial charge in [0.1, 0.15) is 4.88 Å². The number of hydrogen-bond donors (Lipinski definition) is 2. The number of amides is 1. The maximum atomic E-state index is 12.2. The molecule has 2 aromatic rings. The molecule has 1 amide bonds. The molecule has 0 aliphatic carbocycles. The van der Waals surface area contributed by atoms with Gasteiger partial charge in [0.2, 0.25) is 0 Å². The summed E-state index contributed by atoms with van der Waals surface area (Å²) in [6.07, 6.45) is 0. The summed E-state index contributed by atoms with van der Waals surface area (Å²) in [7, 11) is 0. The lowest BCUT2D eigenvalue weighted by Crippen LogP contribution is -2.12. The van der Waals surface area contributed by atoms with Gasteiger partial charge >= 0.3 is 4.87 Å². The van der Waals surface area contributed by atoms with Crippen LogP contribution in [0.25, 0.3) is 0 Å². The molecule has 1 heterocycles. The molecule has 6 nitrogen and oxygen atoms in total. The lowest BCUT2D eigenvalue weighted by Gasteiger charge is -2.12. The average molecular weight is 322 g/mol. The van der Waals surface area contributed by atoms with Crippen molar-refractivity contribution < 1.29 is 14.3 Å². The molecule has 7 heteroatoms. The highest BCUT2D eigenvalue weighted by Crippen LogP contribution is 2.31. The van der Waals surface area contributed by atoms with Crippen molar-refractivity contribution in [3.8, 4) is 11.5 Å². The van der Waals surface area contributed by atoms with Crippen LogP contribution >= 0.6 is 11.3 Å². The van der Waals surface area contributed by atoms with E-state index in [1.807, 2.05) is 13.8 Å². The molecule has 1 aromatic heterocycles. The molecule has 0 saturated heterocycles. The number of carbonyl (C=O) groups excluding carboxylic acids is 1. The third-order valence-corrected chi connectivity index (χ3v) is 3.82. The minimum absolute atomic E-state index is 0.246. The predicted octanol–water partition coefficient (Wildman–Crippen LogP) is 2.79. The highest BCUT2D eigenvalue weighted by Gasteiger charge is 2.14. The standard InChI is InChI=1S/C15H18N2O4S/c1-4-20-11-7-6-10(8-12(11)21-5-2)17-14(18)13-9(3)16-15(19)22-13/h6-8H,4-5H2,1-3H3,(H,16,19)(H,17,18). The zero-order valence-corrected chi connectivity index (χ0v) is 13.5. The van der Waals surface area contributed by atoms with Crippen molar-refractivity contribution in [3.05, 3.63) is 38.4 Å². The first-order valence-electron chi connectivity index (χ1n) is 6.95. The smallest absolute Gasteiger partial charge is 0.305 e. The molecule has 2 N–H and O–H groups in total. The van der Waals surface area contributed by atoms with Gasteiger partial charge in [0.25, 0.3) is 5.91 Å². The fourth-order valence-electron chi connectivity index (χ4n) is 1.94. The Morgan fingerprint density at radius 1 is 1.23 bits per heavy atom. The summed E-state index contributed by atoms with van der Waals surface area (Å²) in [5, 5.41) is 2.76. The Kier molecular flexibility index (Phi) is 5.21. The van der Waals surface area contributed by atoms with Gasteiger partial charge < -0.3 is 19.8 Å². The summed E-state index contributed by atoms with van der Waals surface area (Å²) in [4.78, 5) is 26.2. The zero-order chi connectivity index (χ0) is 16.1. The number of ether oxygens (including phenoxy) is 2. The Bertz CT molecular complexity index is 721. The van der Waals surface area contributed by atoms with Gasteiger partial charge in [-0.25, -0.2) is 0 Å². The predicted molar refractivity (Wildman–Crippen MR) is 86.4 cm³/mol. The Morgan fingerprint density at radius 3 is 2.50 bits per heavy atom. The van der Waals surface area contributed by atoms with Crippen molar-refractivity contribution in [3.63, 3.8) is 0 Å². The number of aromatic nitrogens is 1. The summed E-state index contributed by atoms with van der Waals surface area (Å²) in [5.74, 6) is 0.874. The normalized spacial score (nSPS) is 10.3. The Balaban J connectivity index is 2.22. The molecule has 0 aliphatic heterocycles. The van der Waals surface area contributed by atoms with Crippen molar-refractivity contribution in [1.82, 2.24) is 4.98 Å². The maximum Gasteiger partial charge on any atom is 0.305 e. The number of anilines is 1. The van der Waals surface area contributed by atoms with Crippen molar-refractivity contribution in [1.29, 1.82) is 0 Å². The number of aryl methyl sites for hydroxylation is 1. The third kappa shape index (κ3) is 3.67. The van der Waals surface area contributed by atoms with E-state index in [0.29, 0.717) is 41.0 Å². The largest absolute Gasteiger partial charge is 0.490 e. The van der Waals surface area contributed by atoms with Gasteiger partial charge in [-0.05, 0) is 32.9 Å². The molecule has 0 atom stereocenters. The summed E-state index contributed by atoms with van der Waals surface area (Å²) >= 11 is 0.888. The molecule has 0 spiro atoms. The first-order chi connectivity index (χ1) is 10.5. The SMILES string of the molecule is CCOc1ccc(NC(=O)c2sc(=O)[nH]c2C)cc1OCC. The van der Waals surface area contributed by atoms with Gasteiger partial charge in [-0.3, -0.25) is 9.59 Å². The number of thiazole rings is 1. The van der Waals surface area contributed by atoms with Gasteiger partial charge in [0.15, 0.2) is 11.5 Å². The van der Waals surface area contributed by atoms with E-state index in [9.17, 15) is 9.59 Å². The van der Waals surface area contributed by atoms with Crippen molar-refractivity contribution >= 4 is 22.9 Å². The second kappa shape index (κ2) is 7.13. The van der Waals surface area contributed by atoms with Crippen LogP contribution in [0.15, 0.2) is 23.0 Å². The van der Waals surface area contributed by atoms with Gasteiger partial charge in [-0.2, -0.15) is 0 Å². The minimum atomic E-state index is -0.326. The van der Waals surface area contributed by atoms with Crippen LogP contribution in [-0.4, -0.2) is 24.1 Å².